The van der Waals surface area contributed by atoms with Gasteiger partial charge in [0.15, 0.2) is 0 Å². The van der Waals surface area contributed by atoms with Crippen molar-refractivity contribution in [1.29, 1.82) is 0 Å². The highest BCUT2D eigenvalue weighted by Gasteiger charge is 2.47. The molecule has 2 atom stereocenters. The summed E-state index contributed by atoms with van der Waals surface area (Å²) in [5, 5.41) is 0. The lowest BCUT2D eigenvalue weighted by Crippen LogP contribution is -2.25. The maximum absolute atomic E-state index is 5.61. The minimum atomic E-state index is 0.00347. The second-order valence-electron chi connectivity index (χ2n) is 4.61. The first-order chi connectivity index (χ1) is 4.93. The maximum atomic E-state index is 5.61. The summed E-state index contributed by atoms with van der Waals surface area (Å²) in [5.74, 6) is 0.724. The zero-order valence-electron chi connectivity index (χ0n) is 7.92. The van der Waals surface area contributed by atoms with Gasteiger partial charge in [-0.3, -0.25) is 0 Å². The van der Waals surface area contributed by atoms with Crippen LogP contribution in [0.2, 0.25) is 0 Å². The van der Waals surface area contributed by atoms with E-state index in [4.69, 9.17) is 10.5 Å². The molecule has 0 spiro atoms. The third-order valence-corrected chi connectivity index (χ3v) is 2.23. The van der Waals surface area contributed by atoms with Gasteiger partial charge in [-0.15, -0.1) is 0 Å². The molecule has 0 aliphatic carbocycles. The lowest BCUT2D eigenvalue weighted by atomic mass is 9.81. The number of epoxide rings is 1. The van der Waals surface area contributed by atoms with E-state index in [1.54, 1.807) is 0 Å². The van der Waals surface area contributed by atoms with Crippen LogP contribution in [-0.4, -0.2) is 12.3 Å². The molecule has 1 heterocycles. The molecule has 66 valence electrons. The quantitative estimate of drug-likeness (QED) is 0.634. The molecule has 2 nitrogen and oxygen atoms in total. The summed E-state index contributed by atoms with van der Waals surface area (Å²) in [6, 6.07) is 0. The average Bonchev–Trinajstić information content (AvgIpc) is 2.42. The highest BCUT2D eigenvalue weighted by atomic mass is 16.6. The van der Waals surface area contributed by atoms with Crippen LogP contribution in [0.1, 0.15) is 34.1 Å². The Bertz CT molecular complexity index is 142. The van der Waals surface area contributed by atoms with Crippen molar-refractivity contribution in [2.45, 2.75) is 46.4 Å². The molecule has 1 rings (SSSR count). The van der Waals surface area contributed by atoms with Crippen LogP contribution in [0.15, 0.2) is 0 Å². The Hall–Kier alpha value is -0.0800. The monoisotopic (exact) mass is 157 g/mol. The second-order valence-corrected chi connectivity index (χ2v) is 4.61. The Morgan fingerprint density at radius 3 is 2.18 bits per heavy atom. The molecule has 0 aromatic rings. The van der Waals surface area contributed by atoms with Gasteiger partial charge >= 0.3 is 0 Å². The Balaban J connectivity index is 2.40. The molecular weight excluding hydrogens is 138 g/mol. The molecule has 0 aromatic carbocycles. The van der Waals surface area contributed by atoms with Crippen LogP contribution in [0, 0.1) is 11.3 Å². The van der Waals surface area contributed by atoms with Gasteiger partial charge in [0.2, 0.25) is 0 Å². The van der Waals surface area contributed by atoms with Crippen molar-refractivity contribution in [2.24, 2.45) is 17.1 Å². The minimum Gasteiger partial charge on any atom is -0.353 e. The molecule has 1 aliphatic rings. The van der Waals surface area contributed by atoms with Crippen LogP contribution in [0.5, 0.6) is 0 Å². The number of hydrogen-bond acceptors (Lipinski definition) is 2. The molecule has 1 fully saturated rings. The summed E-state index contributed by atoms with van der Waals surface area (Å²) in [5.41, 5.74) is 5.86. The van der Waals surface area contributed by atoms with Gasteiger partial charge in [0.05, 0.1) is 0 Å². The van der Waals surface area contributed by atoms with Crippen LogP contribution in [0.25, 0.3) is 0 Å². The smallest absolute Gasteiger partial charge is 0.133 e. The van der Waals surface area contributed by atoms with E-state index in [0.29, 0.717) is 6.10 Å². The summed E-state index contributed by atoms with van der Waals surface area (Å²) >= 11 is 0. The van der Waals surface area contributed by atoms with Crippen LogP contribution < -0.4 is 5.73 Å². The number of rotatable bonds is 3. The number of ether oxygens (including phenoxy) is 1. The summed E-state index contributed by atoms with van der Waals surface area (Å²) in [4.78, 5) is 0. The van der Waals surface area contributed by atoms with E-state index in [1.807, 2.05) is 0 Å². The largest absolute Gasteiger partial charge is 0.353 e. The van der Waals surface area contributed by atoms with Gasteiger partial charge in [-0.25, -0.2) is 0 Å². The summed E-state index contributed by atoms with van der Waals surface area (Å²) in [6.07, 6.45) is 1.49. The van der Waals surface area contributed by atoms with Gasteiger partial charge in [0, 0.05) is 0 Å². The molecule has 11 heavy (non-hydrogen) atoms. The van der Waals surface area contributed by atoms with Crippen molar-refractivity contribution in [3.63, 3.8) is 0 Å². The van der Waals surface area contributed by atoms with Crippen molar-refractivity contribution in [1.82, 2.24) is 0 Å². The van der Waals surface area contributed by atoms with Crippen molar-refractivity contribution in [3.05, 3.63) is 0 Å². The summed E-state index contributed by atoms with van der Waals surface area (Å²) < 4.78 is 5.26. The SMILES string of the molecule is CC(C)CC(C)(C)C1OC1N. The van der Waals surface area contributed by atoms with Crippen molar-refractivity contribution >= 4 is 0 Å². The highest BCUT2D eigenvalue weighted by Crippen LogP contribution is 2.40. The first kappa shape index (κ1) is 9.01. The predicted molar refractivity (Wildman–Crippen MR) is 46.1 cm³/mol. The van der Waals surface area contributed by atoms with Gasteiger partial charge in [0.1, 0.15) is 12.3 Å². The fourth-order valence-corrected chi connectivity index (χ4v) is 1.92. The van der Waals surface area contributed by atoms with Gasteiger partial charge in [0.25, 0.3) is 0 Å². The van der Waals surface area contributed by atoms with E-state index in [1.165, 1.54) is 6.42 Å². The zero-order valence-corrected chi connectivity index (χ0v) is 7.92. The lowest BCUT2D eigenvalue weighted by molar-refractivity contribution is 0.202. The molecule has 0 saturated carbocycles. The first-order valence-corrected chi connectivity index (χ1v) is 4.34. The summed E-state index contributed by atoms with van der Waals surface area (Å²) in [7, 11) is 0. The fourth-order valence-electron chi connectivity index (χ4n) is 1.92. The maximum Gasteiger partial charge on any atom is 0.133 e. The molecular formula is C9H19NO. The molecule has 1 aliphatic heterocycles. The van der Waals surface area contributed by atoms with E-state index in [0.717, 1.165) is 5.92 Å². The zero-order chi connectivity index (χ0) is 8.65. The normalized spacial score (nSPS) is 31.1. The van der Waals surface area contributed by atoms with Gasteiger partial charge in [-0.2, -0.15) is 0 Å². The topological polar surface area (TPSA) is 38.5 Å². The lowest BCUT2D eigenvalue weighted by Gasteiger charge is -2.24. The first-order valence-electron chi connectivity index (χ1n) is 4.34. The number of nitrogens with two attached hydrogens (primary N) is 1. The summed E-state index contributed by atoms with van der Waals surface area (Å²) in [6.45, 7) is 8.92. The van der Waals surface area contributed by atoms with E-state index in [9.17, 15) is 0 Å². The third-order valence-electron chi connectivity index (χ3n) is 2.23. The van der Waals surface area contributed by atoms with E-state index in [2.05, 4.69) is 27.7 Å². The average molecular weight is 157 g/mol. The van der Waals surface area contributed by atoms with Crippen molar-refractivity contribution in [2.75, 3.05) is 0 Å². The van der Waals surface area contributed by atoms with Crippen LogP contribution in [0.4, 0.5) is 0 Å². The molecule has 0 amide bonds. The molecule has 2 heteroatoms. The Labute approximate surface area is 69.1 Å². The van der Waals surface area contributed by atoms with E-state index in [-0.39, 0.29) is 11.6 Å². The van der Waals surface area contributed by atoms with Crippen LogP contribution >= 0.6 is 0 Å². The van der Waals surface area contributed by atoms with Crippen molar-refractivity contribution < 1.29 is 4.74 Å². The molecule has 2 N–H and O–H groups in total. The van der Waals surface area contributed by atoms with E-state index >= 15 is 0 Å². The van der Waals surface area contributed by atoms with Crippen LogP contribution in [0.3, 0.4) is 0 Å². The van der Waals surface area contributed by atoms with Crippen molar-refractivity contribution in [3.8, 4) is 0 Å². The molecule has 0 bridgehead atoms. The Morgan fingerprint density at radius 2 is 1.91 bits per heavy atom. The van der Waals surface area contributed by atoms with Gasteiger partial charge in [-0.1, -0.05) is 27.7 Å². The molecule has 1 saturated heterocycles. The predicted octanol–water partition coefficient (Wildman–Crippen LogP) is 1.74. The van der Waals surface area contributed by atoms with Crippen LogP contribution in [-0.2, 0) is 4.74 Å². The second kappa shape index (κ2) is 2.76. The number of hydrogen-bond donors (Lipinski definition) is 1. The fraction of sp³-hybridized carbons (Fsp3) is 1.00. The Morgan fingerprint density at radius 1 is 1.45 bits per heavy atom. The molecule has 0 aromatic heterocycles. The molecule has 0 radical (unpaired) electrons. The Kier molecular flexibility index (Phi) is 2.26. The standard InChI is InChI=1S/C9H19NO/c1-6(2)5-9(3,4)7-8(10)11-7/h6-8H,5,10H2,1-4H3. The third kappa shape index (κ3) is 2.17. The van der Waals surface area contributed by atoms with Gasteiger partial charge in [-0.05, 0) is 17.8 Å². The van der Waals surface area contributed by atoms with Gasteiger partial charge < -0.3 is 10.5 Å². The van der Waals surface area contributed by atoms with E-state index < -0.39 is 0 Å². The highest BCUT2D eigenvalue weighted by molar-refractivity contribution is 4.92. The minimum absolute atomic E-state index is 0.00347. The molecule has 2 unspecified atom stereocenters.